The molecule has 3 amide bonds. The number of furan rings is 1. The summed E-state index contributed by atoms with van der Waals surface area (Å²) >= 11 is 0. The molecule has 1 atom stereocenters. The Morgan fingerprint density at radius 2 is 2.16 bits per heavy atom. The van der Waals surface area contributed by atoms with Gasteiger partial charge in [0.25, 0.3) is 5.91 Å². The zero-order chi connectivity index (χ0) is 17.4. The second-order valence-electron chi connectivity index (χ2n) is 6.22. The summed E-state index contributed by atoms with van der Waals surface area (Å²) in [6.07, 6.45) is 3.20. The van der Waals surface area contributed by atoms with E-state index in [9.17, 15) is 14.0 Å². The zero-order valence-electron chi connectivity index (χ0n) is 13.6. The number of likely N-dealkylation sites (tertiary alicyclic amines) is 1. The number of urea groups is 1. The fourth-order valence-corrected chi connectivity index (χ4v) is 3.50. The number of amides is 3. The minimum atomic E-state index is -0.585. The van der Waals surface area contributed by atoms with E-state index in [4.69, 9.17) is 4.42 Å². The van der Waals surface area contributed by atoms with E-state index in [2.05, 4.69) is 5.32 Å². The first-order valence-electron chi connectivity index (χ1n) is 8.34. The Kier molecular flexibility index (Phi) is 3.91. The fourth-order valence-electron chi connectivity index (χ4n) is 3.50. The number of carbonyl (C=O) groups excluding carboxylic acids is 2. The number of hydrogen-bond acceptors (Lipinski definition) is 3. The van der Waals surface area contributed by atoms with Crippen molar-refractivity contribution in [2.45, 2.75) is 18.9 Å². The molecule has 6 nitrogen and oxygen atoms in total. The number of benzene rings is 1. The lowest BCUT2D eigenvalue weighted by atomic mass is 10.1. The molecule has 130 valence electrons. The van der Waals surface area contributed by atoms with E-state index in [0.717, 1.165) is 12.8 Å². The van der Waals surface area contributed by atoms with Crippen molar-refractivity contribution in [3.63, 3.8) is 0 Å². The van der Waals surface area contributed by atoms with Crippen LogP contribution < -0.4 is 10.2 Å². The first-order chi connectivity index (χ1) is 12.1. The molecule has 4 rings (SSSR count). The third-order valence-electron chi connectivity index (χ3n) is 4.73. The van der Waals surface area contributed by atoms with Gasteiger partial charge in [-0.05, 0) is 43.2 Å². The van der Waals surface area contributed by atoms with Gasteiger partial charge in [0.15, 0.2) is 0 Å². The second-order valence-corrected chi connectivity index (χ2v) is 6.22. The van der Waals surface area contributed by atoms with Crippen molar-refractivity contribution in [2.75, 3.05) is 24.5 Å². The van der Waals surface area contributed by atoms with Gasteiger partial charge in [-0.3, -0.25) is 9.69 Å². The van der Waals surface area contributed by atoms with Gasteiger partial charge in [-0.2, -0.15) is 0 Å². The van der Waals surface area contributed by atoms with Gasteiger partial charge in [-0.1, -0.05) is 0 Å². The van der Waals surface area contributed by atoms with Crippen LogP contribution in [0.25, 0.3) is 0 Å². The van der Waals surface area contributed by atoms with Crippen molar-refractivity contribution in [3.05, 3.63) is 53.7 Å². The molecule has 2 aliphatic rings. The minimum absolute atomic E-state index is 0.0179. The summed E-state index contributed by atoms with van der Waals surface area (Å²) in [7, 11) is 0. The molecule has 7 heteroatoms. The van der Waals surface area contributed by atoms with E-state index < -0.39 is 5.82 Å². The molecule has 0 spiro atoms. The molecule has 25 heavy (non-hydrogen) atoms. The molecule has 0 aliphatic carbocycles. The molecule has 0 bridgehead atoms. The number of nitrogens with one attached hydrogen (secondary N) is 1. The summed E-state index contributed by atoms with van der Waals surface area (Å²) in [6.45, 7) is 1.58. The summed E-state index contributed by atoms with van der Waals surface area (Å²) in [5.41, 5.74) is 0.504. The molecule has 2 saturated heterocycles. The SMILES string of the molecule is O=C1NCCN1c1ccc(F)c(C(=O)N2CCC[C@H]2c2ccco2)c1. The first kappa shape index (κ1) is 15.7. The van der Waals surface area contributed by atoms with Gasteiger partial charge in [0, 0.05) is 25.3 Å². The Morgan fingerprint density at radius 1 is 1.28 bits per heavy atom. The summed E-state index contributed by atoms with van der Waals surface area (Å²) in [4.78, 5) is 27.9. The standard InChI is InChI=1S/C18H18FN3O3/c19-14-6-5-12(21-9-7-20-18(21)24)11-13(14)17(23)22-8-1-3-15(22)16-4-2-10-25-16/h2,4-6,10-11,15H,1,3,7-9H2,(H,20,24)/t15-/m0/s1. The lowest BCUT2D eigenvalue weighted by Crippen LogP contribution is -2.32. The van der Waals surface area contributed by atoms with Gasteiger partial charge in [-0.25, -0.2) is 9.18 Å². The number of rotatable bonds is 3. The number of anilines is 1. The van der Waals surface area contributed by atoms with Crippen LogP contribution in [0.15, 0.2) is 41.0 Å². The first-order valence-corrected chi connectivity index (χ1v) is 8.34. The quantitative estimate of drug-likeness (QED) is 0.932. The summed E-state index contributed by atoms with van der Waals surface area (Å²) < 4.78 is 19.8. The third kappa shape index (κ3) is 2.75. The highest BCUT2D eigenvalue weighted by atomic mass is 19.1. The summed E-state index contributed by atoms with van der Waals surface area (Å²) in [6, 6.07) is 7.42. The Balaban J connectivity index is 1.64. The second kappa shape index (κ2) is 6.23. The van der Waals surface area contributed by atoms with Crippen LogP contribution in [0.2, 0.25) is 0 Å². The van der Waals surface area contributed by atoms with Gasteiger partial charge in [0.05, 0.1) is 17.9 Å². The smallest absolute Gasteiger partial charge is 0.321 e. The Morgan fingerprint density at radius 3 is 2.88 bits per heavy atom. The largest absolute Gasteiger partial charge is 0.467 e. The van der Waals surface area contributed by atoms with Crippen molar-refractivity contribution in [1.29, 1.82) is 0 Å². The van der Waals surface area contributed by atoms with Gasteiger partial charge >= 0.3 is 6.03 Å². The van der Waals surface area contributed by atoms with Gasteiger partial charge < -0.3 is 14.6 Å². The third-order valence-corrected chi connectivity index (χ3v) is 4.73. The number of nitrogens with zero attached hydrogens (tertiary/aromatic N) is 2. The van der Waals surface area contributed by atoms with Gasteiger partial charge in [0.2, 0.25) is 0 Å². The molecular weight excluding hydrogens is 325 g/mol. The van der Waals surface area contributed by atoms with Crippen LogP contribution in [-0.2, 0) is 0 Å². The highest BCUT2D eigenvalue weighted by Gasteiger charge is 2.34. The number of halogens is 1. The lowest BCUT2D eigenvalue weighted by molar-refractivity contribution is 0.0715. The van der Waals surface area contributed by atoms with Crippen molar-refractivity contribution in [3.8, 4) is 0 Å². The molecule has 1 aromatic carbocycles. The van der Waals surface area contributed by atoms with Crippen LogP contribution in [0.3, 0.4) is 0 Å². The highest BCUT2D eigenvalue weighted by Crippen LogP contribution is 2.34. The molecule has 2 aromatic rings. The van der Waals surface area contributed by atoms with Crippen LogP contribution in [0.5, 0.6) is 0 Å². The van der Waals surface area contributed by atoms with E-state index in [1.54, 1.807) is 17.2 Å². The summed E-state index contributed by atoms with van der Waals surface area (Å²) in [5.74, 6) is -0.252. The predicted octanol–water partition coefficient (Wildman–Crippen LogP) is 2.93. The lowest BCUT2D eigenvalue weighted by Gasteiger charge is -2.24. The van der Waals surface area contributed by atoms with E-state index in [-0.39, 0.29) is 23.5 Å². The Bertz CT molecular complexity index is 806. The van der Waals surface area contributed by atoms with E-state index >= 15 is 0 Å². The van der Waals surface area contributed by atoms with Crippen molar-refractivity contribution >= 4 is 17.6 Å². The van der Waals surface area contributed by atoms with Crippen LogP contribution in [0, 0.1) is 5.82 Å². The molecule has 0 saturated carbocycles. The van der Waals surface area contributed by atoms with Crippen LogP contribution in [0.1, 0.15) is 35.0 Å². The molecular formula is C18H18FN3O3. The van der Waals surface area contributed by atoms with Crippen LogP contribution in [-0.4, -0.2) is 36.5 Å². The topological polar surface area (TPSA) is 65.8 Å². The van der Waals surface area contributed by atoms with Gasteiger partial charge in [0.1, 0.15) is 11.6 Å². The normalized spacial score (nSPS) is 20.2. The van der Waals surface area contributed by atoms with E-state index in [0.29, 0.717) is 31.1 Å². The predicted molar refractivity (Wildman–Crippen MR) is 88.9 cm³/mol. The maximum atomic E-state index is 14.3. The minimum Gasteiger partial charge on any atom is -0.467 e. The molecule has 2 aliphatic heterocycles. The Labute approximate surface area is 144 Å². The van der Waals surface area contributed by atoms with Crippen molar-refractivity contribution < 1.29 is 18.4 Å². The highest BCUT2D eigenvalue weighted by molar-refractivity contribution is 5.99. The molecule has 0 radical (unpaired) electrons. The monoisotopic (exact) mass is 343 g/mol. The average Bonchev–Trinajstić information content (AvgIpc) is 3.35. The summed E-state index contributed by atoms with van der Waals surface area (Å²) in [5, 5.41) is 2.70. The van der Waals surface area contributed by atoms with Crippen LogP contribution in [0.4, 0.5) is 14.9 Å². The van der Waals surface area contributed by atoms with Crippen molar-refractivity contribution in [1.82, 2.24) is 10.2 Å². The van der Waals surface area contributed by atoms with Crippen LogP contribution >= 0.6 is 0 Å². The fraction of sp³-hybridized carbons (Fsp3) is 0.333. The molecule has 3 heterocycles. The van der Waals surface area contributed by atoms with Gasteiger partial charge in [-0.15, -0.1) is 0 Å². The molecule has 1 aromatic heterocycles. The molecule has 0 unspecified atom stereocenters. The molecule has 1 N–H and O–H groups in total. The Hall–Kier alpha value is -2.83. The maximum Gasteiger partial charge on any atom is 0.321 e. The van der Waals surface area contributed by atoms with Crippen molar-refractivity contribution in [2.24, 2.45) is 0 Å². The maximum absolute atomic E-state index is 14.3. The number of hydrogen-bond donors (Lipinski definition) is 1. The zero-order valence-corrected chi connectivity index (χ0v) is 13.6. The molecule has 2 fully saturated rings. The van der Waals surface area contributed by atoms with E-state index in [1.807, 2.05) is 6.07 Å². The number of carbonyl (C=O) groups is 2. The average molecular weight is 343 g/mol. The van der Waals surface area contributed by atoms with E-state index in [1.165, 1.54) is 23.1 Å².